The molecule has 2 aliphatic rings. The SMILES string of the molecule is Cc1cccc([C@@H]2c3cccn3CCN2C(=O)CC(=O)N2CCCC2)c1. The second kappa shape index (κ2) is 6.98. The van der Waals surface area contributed by atoms with E-state index in [-0.39, 0.29) is 24.3 Å². The number of benzene rings is 1. The van der Waals surface area contributed by atoms with Crippen molar-refractivity contribution in [3.8, 4) is 0 Å². The molecule has 0 N–H and O–H groups in total. The summed E-state index contributed by atoms with van der Waals surface area (Å²) in [7, 11) is 0. The number of amides is 2. The molecule has 0 bridgehead atoms. The van der Waals surface area contributed by atoms with Crippen LogP contribution in [0.5, 0.6) is 0 Å². The molecule has 0 unspecified atom stereocenters. The van der Waals surface area contributed by atoms with Gasteiger partial charge in [0.1, 0.15) is 6.42 Å². The third-order valence-electron chi connectivity index (χ3n) is 5.48. The highest BCUT2D eigenvalue weighted by molar-refractivity contribution is 5.97. The van der Waals surface area contributed by atoms with Gasteiger partial charge in [0, 0.05) is 38.1 Å². The summed E-state index contributed by atoms with van der Waals surface area (Å²) >= 11 is 0. The molecular weight excluding hydrogens is 326 g/mol. The summed E-state index contributed by atoms with van der Waals surface area (Å²) in [5, 5.41) is 0. The molecule has 4 rings (SSSR count). The van der Waals surface area contributed by atoms with Crippen LogP contribution in [0.3, 0.4) is 0 Å². The van der Waals surface area contributed by atoms with Gasteiger partial charge in [-0.25, -0.2) is 0 Å². The van der Waals surface area contributed by atoms with Crippen molar-refractivity contribution in [2.24, 2.45) is 0 Å². The van der Waals surface area contributed by atoms with E-state index in [1.807, 2.05) is 21.9 Å². The summed E-state index contributed by atoms with van der Waals surface area (Å²) < 4.78 is 2.21. The van der Waals surface area contributed by atoms with Crippen LogP contribution in [0, 0.1) is 6.92 Å². The number of hydrogen-bond donors (Lipinski definition) is 0. The summed E-state index contributed by atoms with van der Waals surface area (Å²) in [6.45, 7) is 5.04. The molecule has 0 saturated carbocycles. The lowest BCUT2D eigenvalue weighted by Crippen LogP contribution is -2.44. The Kier molecular flexibility index (Phi) is 4.53. The topological polar surface area (TPSA) is 45.6 Å². The van der Waals surface area contributed by atoms with Crippen LogP contribution in [0.1, 0.15) is 42.1 Å². The number of carbonyl (C=O) groups excluding carboxylic acids is 2. The summed E-state index contributed by atoms with van der Waals surface area (Å²) in [6.07, 6.45) is 4.13. The van der Waals surface area contributed by atoms with E-state index in [0.29, 0.717) is 6.54 Å². The highest BCUT2D eigenvalue weighted by Gasteiger charge is 2.33. The number of rotatable bonds is 3. The van der Waals surface area contributed by atoms with Crippen molar-refractivity contribution >= 4 is 11.8 Å². The van der Waals surface area contributed by atoms with Crippen molar-refractivity contribution in [2.75, 3.05) is 19.6 Å². The second-order valence-corrected chi connectivity index (χ2v) is 7.29. The zero-order valence-corrected chi connectivity index (χ0v) is 15.2. The average Bonchev–Trinajstić information content (AvgIpc) is 3.32. The minimum Gasteiger partial charge on any atom is -0.348 e. The predicted octanol–water partition coefficient (Wildman–Crippen LogP) is 2.74. The first-order valence-corrected chi connectivity index (χ1v) is 9.42. The zero-order valence-electron chi connectivity index (χ0n) is 15.2. The predicted molar refractivity (Wildman–Crippen MR) is 99.6 cm³/mol. The van der Waals surface area contributed by atoms with E-state index in [2.05, 4.69) is 42.0 Å². The number of likely N-dealkylation sites (tertiary alicyclic amines) is 1. The number of hydrogen-bond acceptors (Lipinski definition) is 2. The molecule has 1 atom stereocenters. The number of fused-ring (bicyclic) bond motifs is 1. The van der Waals surface area contributed by atoms with Crippen LogP contribution in [0.15, 0.2) is 42.6 Å². The van der Waals surface area contributed by atoms with Crippen molar-refractivity contribution in [2.45, 2.75) is 38.8 Å². The average molecular weight is 351 g/mol. The van der Waals surface area contributed by atoms with Crippen LogP contribution in [-0.4, -0.2) is 45.8 Å². The van der Waals surface area contributed by atoms with Gasteiger partial charge in [-0.3, -0.25) is 9.59 Å². The van der Waals surface area contributed by atoms with Crippen LogP contribution in [0.2, 0.25) is 0 Å². The first-order chi connectivity index (χ1) is 12.6. The standard InChI is InChI=1S/C21H25N3O2/c1-16-6-4-7-17(14-16)21-18-8-5-11-22(18)12-13-24(21)20(26)15-19(25)23-9-2-3-10-23/h4-8,11,14,21H,2-3,9-10,12-13,15H2,1H3/t21-/m1/s1. The molecule has 2 aliphatic heterocycles. The first-order valence-electron chi connectivity index (χ1n) is 9.42. The van der Waals surface area contributed by atoms with E-state index < -0.39 is 0 Å². The quantitative estimate of drug-likeness (QED) is 0.798. The number of aromatic nitrogens is 1. The van der Waals surface area contributed by atoms with Crippen LogP contribution < -0.4 is 0 Å². The van der Waals surface area contributed by atoms with E-state index in [0.717, 1.165) is 43.7 Å². The Balaban J connectivity index is 1.61. The molecule has 5 nitrogen and oxygen atoms in total. The lowest BCUT2D eigenvalue weighted by Gasteiger charge is -2.37. The molecule has 1 aromatic heterocycles. The third kappa shape index (κ3) is 3.14. The largest absolute Gasteiger partial charge is 0.348 e. The summed E-state index contributed by atoms with van der Waals surface area (Å²) in [6, 6.07) is 12.3. The number of nitrogens with zero attached hydrogens (tertiary/aromatic N) is 3. The Labute approximate surface area is 154 Å². The van der Waals surface area contributed by atoms with E-state index in [9.17, 15) is 9.59 Å². The Bertz CT molecular complexity index is 820. The van der Waals surface area contributed by atoms with E-state index >= 15 is 0 Å². The maximum absolute atomic E-state index is 13.0. The van der Waals surface area contributed by atoms with E-state index in [1.165, 1.54) is 5.56 Å². The van der Waals surface area contributed by atoms with Crippen LogP contribution in [-0.2, 0) is 16.1 Å². The Morgan fingerprint density at radius 3 is 2.58 bits per heavy atom. The van der Waals surface area contributed by atoms with Crippen LogP contribution in [0.25, 0.3) is 0 Å². The zero-order chi connectivity index (χ0) is 18.1. The molecule has 3 heterocycles. The monoisotopic (exact) mass is 351 g/mol. The fourth-order valence-electron chi connectivity index (χ4n) is 4.15. The van der Waals surface area contributed by atoms with Gasteiger partial charge in [-0.2, -0.15) is 0 Å². The number of aryl methyl sites for hydroxylation is 1. The molecular formula is C21H25N3O2. The van der Waals surface area contributed by atoms with Gasteiger partial charge >= 0.3 is 0 Å². The van der Waals surface area contributed by atoms with Crippen LogP contribution in [0.4, 0.5) is 0 Å². The Morgan fingerprint density at radius 1 is 1.00 bits per heavy atom. The van der Waals surface area contributed by atoms with Gasteiger partial charge in [-0.1, -0.05) is 29.8 Å². The van der Waals surface area contributed by atoms with Gasteiger partial charge in [-0.05, 0) is 37.5 Å². The van der Waals surface area contributed by atoms with Gasteiger partial charge in [0.25, 0.3) is 0 Å². The highest BCUT2D eigenvalue weighted by Crippen LogP contribution is 2.33. The van der Waals surface area contributed by atoms with Gasteiger partial charge in [-0.15, -0.1) is 0 Å². The Hall–Kier alpha value is -2.56. The third-order valence-corrected chi connectivity index (χ3v) is 5.48. The molecule has 1 fully saturated rings. The summed E-state index contributed by atoms with van der Waals surface area (Å²) in [5.41, 5.74) is 3.39. The molecule has 0 radical (unpaired) electrons. The smallest absolute Gasteiger partial charge is 0.232 e. The highest BCUT2D eigenvalue weighted by atomic mass is 16.2. The minimum atomic E-state index is -0.127. The van der Waals surface area contributed by atoms with Crippen molar-refractivity contribution in [3.63, 3.8) is 0 Å². The fraction of sp³-hybridized carbons (Fsp3) is 0.429. The molecule has 136 valence electrons. The first kappa shape index (κ1) is 16.9. The van der Waals surface area contributed by atoms with Gasteiger partial charge in [0.15, 0.2) is 0 Å². The lowest BCUT2D eigenvalue weighted by molar-refractivity contribution is -0.141. The van der Waals surface area contributed by atoms with Crippen LogP contribution >= 0.6 is 0 Å². The minimum absolute atomic E-state index is 0.0248. The molecule has 2 aromatic rings. The molecule has 1 saturated heterocycles. The van der Waals surface area contributed by atoms with Gasteiger partial charge < -0.3 is 14.4 Å². The molecule has 2 amide bonds. The van der Waals surface area contributed by atoms with Crippen molar-refractivity contribution in [1.82, 2.24) is 14.4 Å². The van der Waals surface area contributed by atoms with E-state index in [1.54, 1.807) is 0 Å². The van der Waals surface area contributed by atoms with Gasteiger partial charge in [0.2, 0.25) is 11.8 Å². The Morgan fingerprint density at radius 2 is 1.81 bits per heavy atom. The molecule has 0 aliphatic carbocycles. The fourth-order valence-corrected chi connectivity index (χ4v) is 4.15. The normalized spacial score (nSPS) is 19.5. The van der Waals surface area contributed by atoms with E-state index in [4.69, 9.17) is 0 Å². The van der Waals surface area contributed by atoms with Crippen molar-refractivity contribution in [1.29, 1.82) is 0 Å². The second-order valence-electron chi connectivity index (χ2n) is 7.29. The maximum Gasteiger partial charge on any atom is 0.232 e. The molecule has 5 heteroatoms. The lowest BCUT2D eigenvalue weighted by atomic mass is 9.98. The number of carbonyl (C=O) groups is 2. The molecule has 26 heavy (non-hydrogen) atoms. The molecule has 1 aromatic carbocycles. The van der Waals surface area contributed by atoms with Gasteiger partial charge in [0.05, 0.1) is 6.04 Å². The molecule has 0 spiro atoms. The maximum atomic E-state index is 13.0. The van der Waals surface area contributed by atoms with Crippen molar-refractivity contribution in [3.05, 3.63) is 59.4 Å². The summed E-state index contributed by atoms with van der Waals surface area (Å²) in [4.78, 5) is 29.2. The summed E-state index contributed by atoms with van der Waals surface area (Å²) in [5.74, 6) is -0.0997. The van der Waals surface area contributed by atoms with Crippen molar-refractivity contribution < 1.29 is 9.59 Å².